The molecule has 4 heteroatoms. The van der Waals surface area contributed by atoms with Crippen LogP contribution in [0.15, 0.2) is 24.4 Å². The zero-order chi connectivity index (χ0) is 10.3. The van der Waals surface area contributed by atoms with E-state index in [0.717, 1.165) is 16.7 Å². The zero-order valence-electron chi connectivity index (χ0n) is 8.16. The number of hydrogen-bond donors (Lipinski definition) is 2. The third-order valence-electron chi connectivity index (χ3n) is 2.82. The highest BCUT2D eigenvalue weighted by Gasteiger charge is 2.24. The third-order valence-corrected chi connectivity index (χ3v) is 2.82. The number of fused-ring (bicyclic) bond motifs is 1. The maximum absolute atomic E-state index is 11.1. The molecule has 76 valence electrons. The Morgan fingerprint density at radius 3 is 3.07 bits per heavy atom. The summed E-state index contributed by atoms with van der Waals surface area (Å²) in [5.41, 5.74) is 3.00. The number of aromatic amines is 1. The van der Waals surface area contributed by atoms with Crippen LogP contribution in [0.25, 0.3) is 11.0 Å². The monoisotopic (exact) mass is 201 g/mol. The Kier molecular flexibility index (Phi) is 1.74. The Morgan fingerprint density at radius 1 is 1.33 bits per heavy atom. The van der Waals surface area contributed by atoms with Crippen molar-refractivity contribution in [1.29, 1.82) is 0 Å². The average molecular weight is 201 g/mol. The van der Waals surface area contributed by atoms with Crippen molar-refractivity contribution in [3.63, 3.8) is 0 Å². The second-order valence-electron chi connectivity index (χ2n) is 3.85. The quantitative estimate of drug-likeness (QED) is 0.727. The number of rotatable bonds is 1. The number of nitrogens with zero attached hydrogens (tertiary/aromatic N) is 1. The lowest BCUT2D eigenvalue weighted by molar-refractivity contribution is -0.119. The van der Waals surface area contributed by atoms with Gasteiger partial charge < -0.3 is 10.3 Å². The van der Waals surface area contributed by atoms with Gasteiger partial charge in [0.05, 0.1) is 11.0 Å². The van der Waals surface area contributed by atoms with Crippen LogP contribution in [0.2, 0.25) is 0 Å². The summed E-state index contributed by atoms with van der Waals surface area (Å²) in [6.45, 7) is 0.710. The van der Waals surface area contributed by atoms with Crippen molar-refractivity contribution in [2.24, 2.45) is 0 Å². The van der Waals surface area contributed by atoms with Crippen LogP contribution in [0.3, 0.4) is 0 Å². The van der Waals surface area contributed by atoms with Gasteiger partial charge in [-0.2, -0.15) is 0 Å². The van der Waals surface area contributed by atoms with Crippen LogP contribution in [0, 0.1) is 0 Å². The smallest absolute Gasteiger partial charge is 0.220 e. The highest BCUT2D eigenvalue weighted by molar-refractivity contribution is 5.80. The molecule has 0 unspecified atom stereocenters. The van der Waals surface area contributed by atoms with Gasteiger partial charge in [-0.15, -0.1) is 0 Å². The van der Waals surface area contributed by atoms with Crippen molar-refractivity contribution in [2.45, 2.75) is 12.3 Å². The lowest BCUT2D eigenvalue weighted by atomic mass is 10.0. The second kappa shape index (κ2) is 3.08. The van der Waals surface area contributed by atoms with Gasteiger partial charge in [-0.1, -0.05) is 0 Å². The van der Waals surface area contributed by atoms with E-state index in [9.17, 15) is 4.79 Å². The Morgan fingerprint density at radius 2 is 2.27 bits per heavy atom. The Balaban J connectivity index is 2.00. The van der Waals surface area contributed by atoms with Gasteiger partial charge in [-0.3, -0.25) is 9.78 Å². The number of nitrogens with one attached hydrogen (secondary N) is 2. The van der Waals surface area contributed by atoms with E-state index in [2.05, 4.69) is 15.3 Å². The summed E-state index contributed by atoms with van der Waals surface area (Å²) in [5.74, 6) is 0.354. The first-order valence-corrected chi connectivity index (χ1v) is 5.03. The van der Waals surface area contributed by atoms with Gasteiger partial charge in [0.15, 0.2) is 0 Å². The molecule has 3 rings (SSSR count). The molecule has 0 aromatic carbocycles. The zero-order valence-corrected chi connectivity index (χ0v) is 8.16. The first-order valence-electron chi connectivity index (χ1n) is 5.03. The van der Waals surface area contributed by atoms with E-state index >= 15 is 0 Å². The predicted octanol–water partition coefficient (Wildman–Crippen LogP) is 1.17. The number of aromatic nitrogens is 2. The molecule has 4 nitrogen and oxygen atoms in total. The van der Waals surface area contributed by atoms with Crippen LogP contribution in [-0.4, -0.2) is 22.4 Å². The minimum Gasteiger partial charge on any atom is -0.360 e. The van der Waals surface area contributed by atoms with E-state index < -0.39 is 0 Å². The lowest BCUT2D eigenvalue weighted by Gasteiger charge is -2.05. The van der Waals surface area contributed by atoms with Crippen molar-refractivity contribution in [3.05, 3.63) is 30.1 Å². The van der Waals surface area contributed by atoms with Gasteiger partial charge in [0.1, 0.15) is 0 Å². The molecule has 2 aromatic heterocycles. The van der Waals surface area contributed by atoms with Gasteiger partial charge in [-0.25, -0.2) is 0 Å². The van der Waals surface area contributed by atoms with E-state index in [1.165, 1.54) is 0 Å². The minimum atomic E-state index is 0.121. The van der Waals surface area contributed by atoms with Crippen LogP contribution in [0.1, 0.15) is 18.0 Å². The summed E-state index contributed by atoms with van der Waals surface area (Å²) >= 11 is 0. The fraction of sp³-hybridized carbons (Fsp3) is 0.273. The third kappa shape index (κ3) is 1.38. The predicted molar refractivity (Wildman–Crippen MR) is 56.5 cm³/mol. The summed E-state index contributed by atoms with van der Waals surface area (Å²) in [4.78, 5) is 18.7. The van der Waals surface area contributed by atoms with E-state index in [1.807, 2.05) is 24.4 Å². The van der Waals surface area contributed by atoms with E-state index in [1.54, 1.807) is 0 Å². The summed E-state index contributed by atoms with van der Waals surface area (Å²) < 4.78 is 0. The second-order valence-corrected chi connectivity index (χ2v) is 3.85. The van der Waals surface area contributed by atoms with Crippen molar-refractivity contribution in [2.75, 3.05) is 6.54 Å². The molecule has 1 amide bonds. The molecular formula is C11H11N3O. The maximum atomic E-state index is 11.1. The maximum Gasteiger partial charge on any atom is 0.220 e. The van der Waals surface area contributed by atoms with Crippen LogP contribution >= 0.6 is 0 Å². The highest BCUT2D eigenvalue weighted by Crippen LogP contribution is 2.22. The normalized spacial score (nSPS) is 20.8. The summed E-state index contributed by atoms with van der Waals surface area (Å²) in [6.07, 6.45) is 2.43. The van der Waals surface area contributed by atoms with Crippen molar-refractivity contribution in [3.8, 4) is 0 Å². The fourth-order valence-electron chi connectivity index (χ4n) is 1.99. The molecule has 15 heavy (non-hydrogen) atoms. The number of hydrogen-bond acceptors (Lipinski definition) is 2. The molecule has 2 aromatic rings. The van der Waals surface area contributed by atoms with Gasteiger partial charge in [0.2, 0.25) is 5.91 Å². The summed E-state index contributed by atoms with van der Waals surface area (Å²) in [6, 6.07) is 5.95. The average Bonchev–Trinajstić information content (AvgIpc) is 2.84. The van der Waals surface area contributed by atoms with Crippen LogP contribution < -0.4 is 5.32 Å². The van der Waals surface area contributed by atoms with Gasteiger partial charge in [-0.05, 0) is 18.2 Å². The van der Waals surface area contributed by atoms with E-state index in [0.29, 0.717) is 13.0 Å². The van der Waals surface area contributed by atoms with E-state index in [-0.39, 0.29) is 11.8 Å². The molecule has 3 heterocycles. The molecule has 0 saturated carbocycles. The lowest BCUT2D eigenvalue weighted by Crippen LogP contribution is -2.13. The van der Waals surface area contributed by atoms with Crippen LogP contribution in [0.4, 0.5) is 0 Å². The number of H-pyrrole nitrogens is 1. The Bertz CT molecular complexity index is 517. The van der Waals surface area contributed by atoms with Crippen molar-refractivity contribution >= 4 is 16.9 Å². The number of amides is 1. The summed E-state index contributed by atoms with van der Waals surface area (Å²) in [7, 11) is 0. The molecule has 0 bridgehead atoms. The van der Waals surface area contributed by atoms with Gasteiger partial charge in [0, 0.05) is 30.8 Å². The number of carbonyl (C=O) groups excluding carboxylic acids is 1. The summed E-state index contributed by atoms with van der Waals surface area (Å²) in [5, 5.41) is 2.82. The molecule has 0 aliphatic carbocycles. The topological polar surface area (TPSA) is 57.8 Å². The minimum absolute atomic E-state index is 0.121. The molecule has 0 spiro atoms. The molecule has 1 aliphatic rings. The van der Waals surface area contributed by atoms with Crippen molar-refractivity contribution in [1.82, 2.24) is 15.3 Å². The largest absolute Gasteiger partial charge is 0.360 e. The van der Waals surface area contributed by atoms with Crippen LogP contribution in [-0.2, 0) is 4.79 Å². The molecule has 0 radical (unpaired) electrons. The number of carbonyl (C=O) groups is 1. The Hall–Kier alpha value is -1.84. The molecule has 1 aliphatic heterocycles. The SMILES string of the molecule is O=C1C[C@@H](c2ccc3[nH]ccc3n2)CN1. The first-order chi connectivity index (χ1) is 7.33. The van der Waals surface area contributed by atoms with Crippen molar-refractivity contribution < 1.29 is 4.79 Å². The standard InChI is InChI=1S/C11H11N3O/c15-11-5-7(6-13-11)8-1-2-9-10(14-8)3-4-12-9/h1-4,7,12H,5-6H2,(H,13,15)/t7-/m1/s1. The van der Waals surface area contributed by atoms with Gasteiger partial charge >= 0.3 is 0 Å². The number of pyridine rings is 1. The molecule has 1 atom stereocenters. The fourth-order valence-corrected chi connectivity index (χ4v) is 1.99. The highest BCUT2D eigenvalue weighted by atomic mass is 16.1. The molecule has 1 saturated heterocycles. The molecular weight excluding hydrogens is 190 g/mol. The van der Waals surface area contributed by atoms with Crippen LogP contribution in [0.5, 0.6) is 0 Å². The van der Waals surface area contributed by atoms with E-state index in [4.69, 9.17) is 0 Å². The Labute approximate surface area is 86.7 Å². The van der Waals surface area contributed by atoms with Gasteiger partial charge in [0.25, 0.3) is 0 Å². The molecule has 1 fully saturated rings. The molecule has 2 N–H and O–H groups in total. The first kappa shape index (κ1) is 8.47.